The number of aromatic amines is 1. The highest BCUT2D eigenvalue weighted by Crippen LogP contribution is 2.35. The van der Waals surface area contributed by atoms with E-state index < -0.39 is 5.97 Å². The van der Waals surface area contributed by atoms with E-state index in [0.717, 1.165) is 27.6 Å². The Kier molecular flexibility index (Phi) is 3.72. The monoisotopic (exact) mass is 293 g/mol. The summed E-state index contributed by atoms with van der Waals surface area (Å²) in [6, 6.07) is 14.2. The van der Waals surface area contributed by atoms with Crippen molar-refractivity contribution in [2.24, 2.45) is 0 Å². The van der Waals surface area contributed by atoms with Gasteiger partial charge in [0.05, 0.1) is 6.42 Å². The molecule has 0 aliphatic heterocycles. The maximum absolute atomic E-state index is 11.4. The van der Waals surface area contributed by atoms with E-state index in [-0.39, 0.29) is 12.3 Å². The minimum absolute atomic E-state index is 0.0890. The van der Waals surface area contributed by atoms with Gasteiger partial charge in [0.25, 0.3) is 0 Å². The van der Waals surface area contributed by atoms with Crippen LogP contribution in [0.3, 0.4) is 0 Å². The molecular formula is C19H19NO2. The average molecular weight is 293 g/mol. The molecule has 0 amide bonds. The second-order valence-electron chi connectivity index (χ2n) is 5.80. The smallest absolute Gasteiger partial charge is 0.304 e. The molecular weight excluding hydrogens is 274 g/mol. The van der Waals surface area contributed by atoms with Crippen molar-refractivity contribution in [2.45, 2.75) is 26.2 Å². The zero-order valence-electron chi connectivity index (χ0n) is 12.8. The quantitative estimate of drug-likeness (QED) is 0.749. The lowest BCUT2D eigenvalue weighted by Gasteiger charge is -2.18. The number of para-hydroxylation sites is 1. The number of aliphatic carboxylic acids is 1. The molecule has 0 fully saturated rings. The van der Waals surface area contributed by atoms with Crippen LogP contribution >= 0.6 is 0 Å². The van der Waals surface area contributed by atoms with Crippen molar-refractivity contribution in [2.75, 3.05) is 0 Å². The number of H-pyrrole nitrogens is 1. The summed E-state index contributed by atoms with van der Waals surface area (Å²) >= 11 is 0. The van der Waals surface area contributed by atoms with E-state index in [1.165, 1.54) is 5.56 Å². The number of hydrogen-bond acceptors (Lipinski definition) is 1. The average Bonchev–Trinajstić information content (AvgIpc) is 2.89. The first-order valence-corrected chi connectivity index (χ1v) is 7.41. The molecule has 1 unspecified atom stereocenters. The molecule has 1 aromatic heterocycles. The predicted octanol–water partition coefficient (Wildman–Crippen LogP) is 4.39. The molecule has 0 saturated heterocycles. The Morgan fingerprint density at radius 1 is 1.14 bits per heavy atom. The molecule has 112 valence electrons. The third kappa shape index (κ3) is 2.62. The number of fused-ring (bicyclic) bond motifs is 1. The summed E-state index contributed by atoms with van der Waals surface area (Å²) in [6.45, 7) is 4.10. The molecule has 3 aromatic rings. The number of benzene rings is 2. The summed E-state index contributed by atoms with van der Waals surface area (Å²) in [7, 11) is 0. The first-order valence-electron chi connectivity index (χ1n) is 7.41. The molecule has 3 nitrogen and oxygen atoms in total. The van der Waals surface area contributed by atoms with Gasteiger partial charge in [0.15, 0.2) is 0 Å². The van der Waals surface area contributed by atoms with E-state index in [0.29, 0.717) is 0 Å². The van der Waals surface area contributed by atoms with Crippen LogP contribution in [0.5, 0.6) is 0 Å². The first kappa shape index (κ1) is 14.4. The van der Waals surface area contributed by atoms with Gasteiger partial charge in [0.2, 0.25) is 0 Å². The van der Waals surface area contributed by atoms with E-state index in [4.69, 9.17) is 0 Å². The second-order valence-corrected chi connectivity index (χ2v) is 5.80. The Balaban J connectivity index is 2.16. The Hall–Kier alpha value is -2.55. The SMILES string of the molecule is Cc1ccc(C(CC(=O)O)c2c[nH]c3ccccc23)c(C)c1. The molecule has 1 heterocycles. The summed E-state index contributed by atoms with van der Waals surface area (Å²) in [6.07, 6.45) is 2.03. The van der Waals surface area contributed by atoms with Crippen molar-refractivity contribution in [1.82, 2.24) is 4.98 Å². The third-order valence-electron chi connectivity index (χ3n) is 4.18. The molecule has 2 N–H and O–H groups in total. The molecule has 0 aliphatic carbocycles. The van der Waals surface area contributed by atoms with E-state index in [1.54, 1.807) is 0 Å². The Morgan fingerprint density at radius 2 is 1.91 bits per heavy atom. The van der Waals surface area contributed by atoms with Gasteiger partial charge >= 0.3 is 5.97 Å². The van der Waals surface area contributed by atoms with Gasteiger partial charge < -0.3 is 10.1 Å². The summed E-state index contributed by atoms with van der Waals surface area (Å²) in [5.41, 5.74) is 5.49. The van der Waals surface area contributed by atoms with Crippen molar-refractivity contribution in [3.8, 4) is 0 Å². The van der Waals surface area contributed by atoms with Gasteiger partial charge in [-0.2, -0.15) is 0 Å². The summed E-state index contributed by atoms with van der Waals surface area (Å²) < 4.78 is 0. The molecule has 2 aromatic carbocycles. The Labute approximate surface area is 129 Å². The Morgan fingerprint density at radius 3 is 2.64 bits per heavy atom. The van der Waals surface area contributed by atoms with Gasteiger partial charge in [-0.1, -0.05) is 42.0 Å². The fraction of sp³-hybridized carbons (Fsp3) is 0.211. The fourth-order valence-corrected chi connectivity index (χ4v) is 3.16. The number of carbonyl (C=O) groups is 1. The minimum Gasteiger partial charge on any atom is -0.481 e. The van der Waals surface area contributed by atoms with E-state index in [1.807, 2.05) is 43.5 Å². The number of aryl methyl sites for hydroxylation is 2. The van der Waals surface area contributed by atoms with Crippen LogP contribution in [0.1, 0.15) is 34.6 Å². The largest absolute Gasteiger partial charge is 0.481 e. The molecule has 0 aliphatic rings. The van der Waals surface area contributed by atoms with Gasteiger partial charge in [-0.25, -0.2) is 0 Å². The zero-order valence-corrected chi connectivity index (χ0v) is 12.8. The topological polar surface area (TPSA) is 53.1 Å². The minimum atomic E-state index is -0.782. The van der Waals surface area contributed by atoms with Crippen molar-refractivity contribution >= 4 is 16.9 Å². The summed E-state index contributed by atoms with van der Waals surface area (Å²) in [5, 5.41) is 10.4. The summed E-state index contributed by atoms with van der Waals surface area (Å²) in [5.74, 6) is -0.926. The number of hydrogen-bond donors (Lipinski definition) is 2. The van der Waals surface area contributed by atoms with E-state index in [2.05, 4.69) is 24.0 Å². The van der Waals surface area contributed by atoms with Crippen LogP contribution in [0.25, 0.3) is 10.9 Å². The van der Waals surface area contributed by atoms with Crippen LogP contribution in [0.15, 0.2) is 48.7 Å². The van der Waals surface area contributed by atoms with E-state index >= 15 is 0 Å². The van der Waals surface area contributed by atoms with Crippen LogP contribution in [-0.2, 0) is 4.79 Å². The molecule has 0 bridgehead atoms. The molecule has 22 heavy (non-hydrogen) atoms. The van der Waals surface area contributed by atoms with Gasteiger partial charge in [-0.3, -0.25) is 4.79 Å². The van der Waals surface area contributed by atoms with Crippen molar-refractivity contribution in [3.63, 3.8) is 0 Å². The molecule has 1 atom stereocenters. The molecule has 3 heteroatoms. The predicted molar refractivity (Wildman–Crippen MR) is 88.3 cm³/mol. The third-order valence-corrected chi connectivity index (χ3v) is 4.18. The highest BCUT2D eigenvalue weighted by Gasteiger charge is 2.22. The highest BCUT2D eigenvalue weighted by molar-refractivity contribution is 5.85. The van der Waals surface area contributed by atoms with Crippen LogP contribution < -0.4 is 0 Å². The lowest BCUT2D eigenvalue weighted by molar-refractivity contribution is -0.137. The molecule has 3 rings (SSSR count). The maximum Gasteiger partial charge on any atom is 0.304 e. The number of nitrogens with one attached hydrogen (secondary N) is 1. The van der Waals surface area contributed by atoms with Gasteiger partial charge in [0.1, 0.15) is 0 Å². The van der Waals surface area contributed by atoms with Crippen LogP contribution in [0.2, 0.25) is 0 Å². The van der Waals surface area contributed by atoms with Crippen LogP contribution in [-0.4, -0.2) is 16.1 Å². The maximum atomic E-state index is 11.4. The van der Waals surface area contributed by atoms with Crippen molar-refractivity contribution < 1.29 is 9.90 Å². The van der Waals surface area contributed by atoms with Gasteiger partial charge in [0, 0.05) is 23.0 Å². The Bertz CT molecular complexity index is 832. The van der Waals surface area contributed by atoms with E-state index in [9.17, 15) is 9.90 Å². The first-order chi connectivity index (χ1) is 10.6. The standard InChI is InChI=1S/C19H19NO2/c1-12-7-8-14(13(2)9-12)16(10-19(21)22)17-11-20-18-6-4-3-5-15(17)18/h3-9,11,16,20H,10H2,1-2H3,(H,21,22). The number of rotatable bonds is 4. The molecule has 0 saturated carbocycles. The lowest BCUT2D eigenvalue weighted by Crippen LogP contribution is -2.09. The van der Waals surface area contributed by atoms with Crippen LogP contribution in [0, 0.1) is 13.8 Å². The normalized spacial score (nSPS) is 12.5. The number of aromatic nitrogens is 1. The highest BCUT2D eigenvalue weighted by atomic mass is 16.4. The fourth-order valence-electron chi connectivity index (χ4n) is 3.16. The molecule has 0 radical (unpaired) electrons. The van der Waals surface area contributed by atoms with Crippen LogP contribution in [0.4, 0.5) is 0 Å². The zero-order chi connectivity index (χ0) is 15.7. The summed E-state index contributed by atoms with van der Waals surface area (Å²) in [4.78, 5) is 14.6. The van der Waals surface area contributed by atoms with Crippen molar-refractivity contribution in [1.29, 1.82) is 0 Å². The van der Waals surface area contributed by atoms with Gasteiger partial charge in [-0.15, -0.1) is 0 Å². The lowest BCUT2D eigenvalue weighted by atomic mass is 9.85. The number of carboxylic acids is 1. The molecule has 0 spiro atoms. The van der Waals surface area contributed by atoms with Crippen molar-refractivity contribution in [3.05, 3.63) is 70.9 Å². The number of carboxylic acid groups (broad SMARTS) is 1. The van der Waals surface area contributed by atoms with Gasteiger partial charge in [-0.05, 0) is 36.6 Å². The second kappa shape index (κ2) is 5.68.